The predicted molar refractivity (Wildman–Crippen MR) is 103 cm³/mol. The van der Waals surface area contributed by atoms with Gasteiger partial charge in [0.05, 0.1) is 4.90 Å². The van der Waals surface area contributed by atoms with E-state index in [1.54, 1.807) is 19.1 Å². The Bertz CT molecular complexity index is 836. The smallest absolute Gasteiger partial charge is 0.251 e. The van der Waals surface area contributed by atoms with Gasteiger partial charge in [0.15, 0.2) is 0 Å². The molecule has 2 aromatic carbocycles. The third-order valence-electron chi connectivity index (χ3n) is 3.88. The molecule has 6 nitrogen and oxygen atoms in total. The Labute approximate surface area is 155 Å². The first-order chi connectivity index (χ1) is 12.3. The van der Waals surface area contributed by atoms with Gasteiger partial charge in [0.2, 0.25) is 10.0 Å². The molecule has 7 heteroatoms. The summed E-state index contributed by atoms with van der Waals surface area (Å²) >= 11 is 0. The summed E-state index contributed by atoms with van der Waals surface area (Å²) in [6.07, 6.45) is 0. The maximum atomic E-state index is 12.6. The molecule has 1 atom stereocenters. The van der Waals surface area contributed by atoms with Crippen molar-refractivity contribution in [1.29, 1.82) is 0 Å². The molecule has 0 aliphatic rings. The number of benzene rings is 2. The number of hydrogen-bond acceptors (Lipinski definition) is 4. The molecule has 0 aromatic heterocycles. The molecule has 140 valence electrons. The predicted octanol–water partition coefficient (Wildman–Crippen LogP) is 2.02. The summed E-state index contributed by atoms with van der Waals surface area (Å²) in [5, 5.41) is 2.78. The van der Waals surface area contributed by atoms with Crippen molar-refractivity contribution >= 4 is 15.9 Å². The van der Waals surface area contributed by atoms with Crippen molar-refractivity contribution in [3.63, 3.8) is 0 Å². The van der Waals surface area contributed by atoms with Crippen molar-refractivity contribution in [3.05, 3.63) is 65.7 Å². The van der Waals surface area contributed by atoms with E-state index in [9.17, 15) is 13.2 Å². The number of carbonyl (C=O) groups excluding carboxylic acids is 1. The van der Waals surface area contributed by atoms with E-state index in [4.69, 9.17) is 0 Å². The molecule has 0 saturated heterocycles. The van der Waals surface area contributed by atoms with Gasteiger partial charge in [0, 0.05) is 24.7 Å². The van der Waals surface area contributed by atoms with E-state index >= 15 is 0 Å². The Morgan fingerprint density at radius 1 is 1.08 bits per heavy atom. The van der Waals surface area contributed by atoms with Crippen LogP contribution in [-0.4, -0.2) is 46.4 Å². The van der Waals surface area contributed by atoms with Crippen molar-refractivity contribution in [2.45, 2.75) is 17.9 Å². The Kier molecular flexibility index (Phi) is 6.90. The molecule has 0 aliphatic carbocycles. The van der Waals surface area contributed by atoms with Gasteiger partial charge in [-0.3, -0.25) is 4.79 Å². The number of carbonyl (C=O) groups is 1. The molecule has 2 aromatic rings. The van der Waals surface area contributed by atoms with Gasteiger partial charge >= 0.3 is 0 Å². The monoisotopic (exact) mass is 375 g/mol. The number of rotatable bonds is 8. The fourth-order valence-corrected chi connectivity index (χ4v) is 3.69. The van der Waals surface area contributed by atoms with E-state index in [0.717, 1.165) is 5.56 Å². The molecule has 0 saturated carbocycles. The van der Waals surface area contributed by atoms with Crippen LogP contribution in [0.5, 0.6) is 0 Å². The van der Waals surface area contributed by atoms with E-state index in [1.807, 2.05) is 49.3 Å². The molecule has 1 unspecified atom stereocenters. The zero-order chi connectivity index (χ0) is 19.2. The molecule has 0 radical (unpaired) electrons. The topological polar surface area (TPSA) is 78.5 Å². The summed E-state index contributed by atoms with van der Waals surface area (Å²) in [5.74, 6) is -0.292. The molecular formula is C19H25N3O3S. The van der Waals surface area contributed by atoms with Crippen molar-refractivity contribution in [1.82, 2.24) is 14.9 Å². The SMILES string of the molecule is CC(NS(=O)(=O)c1cccc(C(=O)NCCN(C)C)c1)c1ccccc1. The molecule has 0 heterocycles. The lowest BCUT2D eigenvalue weighted by atomic mass is 10.1. The summed E-state index contributed by atoms with van der Waals surface area (Å²) in [5.41, 5.74) is 1.19. The number of hydrogen-bond donors (Lipinski definition) is 2. The maximum absolute atomic E-state index is 12.6. The van der Waals surface area contributed by atoms with E-state index in [0.29, 0.717) is 18.7 Å². The second kappa shape index (κ2) is 8.93. The van der Waals surface area contributed by atoms with Crippen LogP contribution in [0.25, 0.3) is 0 Å². The standard InChI is InChI=1S/C19H25N3O3S/c1-15(16-8-5-4-6-9-16)21-26(24,25)18-11-7-10-17(14-18)19(23)20-12-13-22(2)3/h4-11,14-15,21H,12-13H2,1-3H3,(H,20,23). The summed E-state index contributed by atoms with van der Waals surface area (Å²) in [4.78, 5) is 14.2. The van der Waals surface area contributed by atoms with Crippen LogP contribution in [0.3, 0.4) is 0 Å². The van der Waals surface area contributed by atoms with Gasteiger partial charge in [-0.15, -0.1) is 0 Å². The van der Waals surface area contributed by atoms with Crippen LogP contribution in [-0.2, 0) is 10.0 Å². The second-order valence-corrected chi connectivity index (χ2v) is 8.05. The van der Waals surface area contributed by atoms with Gasteiger partial charge in [-0.1, -0.05) is 36.4 Å². The molecule has 0 fully saturated rings. The molecule has 0 bridgehead atoms. The molecule has 26 heavy (non-hydrogen) atoms. The third kappa shape index (κ3) is 5.66. The summed E-state index contributed by atoms with van der Waals surface area (Å²) in [7, 11) is 0.0953. The fourth-order valence-electron chi connectivity index (χ4n) is 2.41. The van der Waals surface area contributed by atoms with Gasteiger partial charge in [-0.25, -0.2) is 13.1 Å². The highest BCUT2D eigenvalue weighted by Gasteiger charge is 2.19. The lowest BCUT2D eigenvalue weighted by molar-refractivity contribution is 0.0951. The minimum atomic E-state index is -3.74. The molecule has 2 rings (SSSR count). The van der Waals surface area contributed by atoms with Crippen LogP contribution in [0.1, 0.15) is 28.9 Å². The van der Waals surface area contributed by atoms with Crippen LogP contribution in [0.2, 0.25) is 0 Å². The summed E-state index contributed by atoms with van der Waals surface area (Å²) < 4.78 is 27.9. The van der Waals surface area contributed by atoms with Crippen LogP contribution in [0, 0.1) is 0 Å². The van der Waals surface area contributed by atoms with Crippen molar-refractivity contribution in [2.24, 2.45) is 0 Å². The zero-order valence-corrected chi connectivity index (χ0v) is 16.1. The minimum Gasteiger partial charge on any atom is -0.351 e. The Hall–Kier alpha value is -2.22. The number of nitrogens with zero attached hydrogens (tertiary/aromatic N) is 1. The second-order valence-electron chi connectivity index (χ2n) is 6.34. The van der Waals surface area contributed by atoms with Crippen LogP contribution >= 0.6 is 0 Å². The largest absolute Gasteiger partial charge is 0.351 e. The molecule has 0 aliphatic heterocycles. The number of likely N-dealkylation sites (N-methyl/N-ethyl adjacent to an activating group) is 1. The maximum Gasteiger partial charge on any atom is 0.251 e. The first kappa shape index (κ1) is 20.1. The van der Waals surface area contributed by atoms with Crippen molar-refractivity contribution in [2.75, 3.05) is 27.2 Å². The normalized spacial score (nSPS) is 12.8. The van der Waals surface area contributed by atoms with Gasteiger partial charge in [0.25, 0.3) is 5.91 Å². The van der Waals surface area contributed by atoms with E-state index < -0.39 is 10.0 Å². The molecular weight excluding hydrogens is 350 g/mol. The van der Waals surface area contributed by atoms with E-state index in [1.165, 1.54) is 12.1 Å². The Morgan fingerprint density at radius 3 is 2.42 bits per heavy atom. The number of amides is 1. The number of sulfonamides is 1. The van der Waals surface area contributed by atoms with Gasteiger partial charge in [-0.05, 0) is 44.8 Å². The molecule has 2 N–H and O–H groups in total. The van der Waals surface area contributed by atoms with Crippen molar-refractivity contribution in [3.8, 4) is 0 Å². The van der Waals surface area contributed by atoms with Crippen LogP contribution in [0.4, 0.5) is 0 Å². The van der Waals surface area contributed by atoms with Crippen molar-refractivity contribution < 1.29 is 13.2 Å². The van der Waals surface area contributed by atoms with Gasteiger partial charge in [0.1, 0.15) is 0 Å². The average molecular weight is 375 g/mol. The van der Waals surface area contributed by atoms with Crippen LogP contribution < -0.4 is 10.0 Å². The highest BCUT2D eigenvalue weighted by molar-refractivity contribution is 7.89. The zero-order valence-electron chi connectivity index (χ0n) is 15.3. The molecule has 0 spiro atoms. The first-order valence-electron chi connectivity index (χ1n) is 8.40. The fraction of sp³-hybridized carbons (Fsp3) is 0.316. The van der Waals surface area contributed by atoms with Gasteiger partial charge in [-0.2, -0.15) is 0 Å². The lowest BCUT2D eigenvalue weighted by Crippen LogP contribution is -2.31. The van der Waals surface area contributed by atoms with Gasteiger partial charge < -0.3 is 10.2 Å². The van der Waals surface area contributed by atoms with E-state index in [-0.39, 0.29) is 16.8 Å². The Balaban J connectivity index is 2.11. The average Bonchev–Trinajstić information content (AvgIpc) is 2.62. The quantitative estimate of drug-likeness (QED) is 0.740. The minimum absolute atomic E-state index is 0.0699. The molecule has 1 amide bonds. The lowest BCUT2D eigenvalue weighted by Gasteiger charge is -2.15. The Morgan fingerprint density at radius 2 is 1.77 bits per heavy atom. The number of nitrogens with one attached hydrogen (secondary N) is 2. The highest BCUT2D eigenvalue weighted by Crippen LogP contribution is 2.17. The third-order valence-corrected chi connectivity index (χ3v) is 5.42. The summed E-state index contributed by atoms with van der Waals surface area (Å²) in [6, 6.07) is 15.0. The van der Waals surface area contributed by atoms with Crippen LogP contribution in [0.15, 0.2) is 59.5 Å². The highest BCUT2D eigenvalue weighted by atomic mass is 32.2. The first-order valence-corrected chi connectivity index (χ1v) is 9.88. The van der Waals surface area contributed by atoms with E-state index in [2.05, 4.69) is 10.0 Å². The summed E-state index contributed by atoms with van der Waals surface area (Å²) in [6.45, 7) is 2.98.